The van der Waals surface area contributed by atoms with Gasteiger partial charge in [-0.25, -0.2) is 4.79 Å². The van der Waals surface area contributed by atoms with Crippen LogP contribution in [0.25, 0.3) is 0 Å². The van der Waals surface area contributed by atoms with Gasteiger partial charge in [-0.15, -0.1) is 0 Å². The first-order valence-electron chi connectivity index (χ1n) is 19.4. The van der Waals surface area contributed by atoms with Gasteiger partial charge in [-0.2, -0.15) is 5.10 Å². The molecule has 4 atom stereocenters. The fourth-order valence-electron chi connectivity index (χ4n) is 7.03. The summed E-state index contributed by atoms with van der Waals surface area (Å²) in [6.45, 7) is 10.0. The monoisotopic (exact) mass is 781 g/mol. The number of carbonyl (C=O) groups is 7. The van der Waals surface area contributed by atoms with Crippen LogP contribution in [0.2, 0.25) is 0 Å². The van der Waals surface area contributed by atoms with Crippen LogP contribution in [0.1, 0.15) is 76.5 Å². The molecule has 5 N–H and O–H groups in total. The second-order valence-electron chi connectivity index (χ2n) is 14.0. The van der Waals surface area contributed by atoms with Gasteiger partial charge >= 0.3 is 5.97 Å². The van der Waals surface area contributed by atoms with E-state index in [1.807, 2.05) is 42.8 Å². The van der Waals surface area contributed by atoms with Crippen LogP contribution >= 0.6 is 0 Å². The van der Waals surface area contributed by atoms with Gasteiger partial charge in [0.05, 0.1) is 13.0 Å². The number of esters is 1. The van der Waals surface area contributed by atoms with Crippen LogP contribution in [0.4, 0.5) is 5.82 Å². The van der Waals surface area contributed by atoms with Crippen molar-refractivity contribution in [3.8, 4) is 0 Å². The summed E-state index contributed by atoms with van der Waals surface area (Å²) in [7, 11) is 1.67. The summed E-state index contributed by atoms with van der Waals surface area (Å²) in [6.07, 6.45) is 5.21. The van der Waals surface area contributed by atoms with Gasteiger partial charge < -0.3 is 41.1 Å². The molecule has 2 aromatic rings. The lowest BCUT2D eigenvalue weighted by atomic mass is 9.99. The van der Waals surface area contributed by atoms with Gasteiger partial charge in [-0.3, -0.25) is 33.4 Å². The van der Waals surface area contributed by atoms with Crippen molar-refractivity contribution in [3.63, 3.8) is 0 Å². The third-order valence-corrected chi connectivity index (χ3v) is 9.82. The molecule has 4 unspecified atom stereocenters. The van der Waals surface area contributed by atoms with E-state index in [0.717, 1.165) is 31.5 Å². The van der Waals surface area contributed by atoms with E-state index >= 15 is 0 Å². The zero-order valence-electron chi connectivity index (χ0n) is 33.3. The summed E-state index contributed by atoms with van der Waals surface area (Å²) in [5.41, 5.74) is 7.08. The van der Waals surface area contributed by atoms with Crippen LogP contribution in [0.15, 0.2) is 36.4 Å². The number of aromatic nitrogens is 2. The lowest BCUT2D eigenvalue weighted by Crippen LogP contribution is -2.59. The first kappa shape index (κ1) is 45.1. The number of nitrogens with zero attached hydrogens (tertiary/aromatic N) is 5. The van der Waals surface area contributed by atoms with Crippen LogP contribution in [0, 0.1) is 13.8 Å². The van der Waals surface area contributed by atoms with Gasteiger partial charge in [0, 0.05) is 37.9 Å². The number of benzene rings is 1. The summed E-state index contributed by atoms with van der Waals surface area (Å²) in [5, 5.41) is 11.9. The molecule has 5 heterocycles. The Kier molecular flexibility index (Phi) is 18.4. The maximum atomic E-state index is 13.4. The van der Waals surface area contributed by atoms with Gasteiger partial charge in [0.25, 0.3) is 0 Å². The van der Waals surface area contributed by atoms with Crippen LogP contribution in [-0.4, -0.2) is 130 Å². The number of aryl methyl sites for hydroxylation is 3. The molecule has 4 fully saturated rings. The van der Waals surface area contributed by atoms with E-state index in [1.165, 1.54) is 10.5 Å². The van der Waals surface area contributed by atoms with Crippen LogP contribution in [-0.2, 0) is 44.8 Å². The molecule has 0 bridgehead atoms. The minimum Gasteiger partial charge on any atom is -0.464 e. The highest BCUT2D eigenvalue weighted by atomic mass is 16.5. The molecule has 6 amide bonds. The average Bonchev–Trinajstić information content (AvgIpc) is 3.95. The van der Waals surface area contributed by atoms with Crippen LogP contribution in [0.3, 0.4) is 0 Å². The first-order chi connectivity index (χ1) is 26.8. The minimum atomic E-state index is -0.813. The summed E-state index contributed by atoms with van der Waals surface area (Å²) in [6, 6.07) is 9.33. The van der Waals surface area contributed by atoms with Crippen molar-refractivity contribution in [3.05, 3.63) is 47.7 Å². The number of rotatable bonds is 5. The van der Waals surface area contributed by atoms with Crippen molar-refractivity contribution in [2.45, 2.75) is 110 Å². The first-order valence-corrected chi connectivity index (χ1v) is 19.4. The molecule has 0 aliphatic carbocycles. The van der Waals surface area contributed by atoms with E-state index in [9.17, 15) is 33.6 Å². The maximum absolute atomic E-state index is 13.4. The largest absolute Gasteiger partial charge is 0.464 e. The maximum Gasteiger partial charge on any atom is 0.328 e. The lowest BCUT2D eigenvalue weighted by molar-refractivity contribution is -0.156. The Balaban J connectivity index is 0.000000282. The predicted octanol–water partition coefficient (Wildman–Crippen LogP) is 1.27. The Morgan fingerprint density at radius 2 is 1.54 bits per heavy atom. The topological polar surface area (TPSA) is 218 Å². The minimum absolute atomic E-state index is 0.00347. The molecule has 0 spiro atoms. The van der Waals surface area contributed by atoms with Crippen molar-refractivity contribution in [2.24, 2.45) is 5.73 Å². The van der Waals surface area contributed by atoms with Crippen molar-refractivity contribution in [2.75, 3.05) is 45.2 Å². The van der Waals surface area contributed by atoms with E-state index in [1.54, 1.807) is 23.8 Å². The average molecular weight is 782 g/mol. The van der Waals surface area contributed by atoms with E-state index in [-0.39, 0.29) is 49.1 Å². The molecule has 1 aromatic heterocycles. The number of fused-ring (bicyclic) bond motifs is 3. The number of carbonyl (C=O) groups excluding carboxylic acids is 7. The fourth-order valence-corrected chi connectivity index (χ4v) is 7.03. The Labute approximate surface area is 329 Å². The van der Waals surface area contributed by atoms with Gasteiger partial charge in [0.1, 0.15) is 30.8 Å². The SMILES string of the molecule is CC1NC(=O)C2CCCCN2C(=O)C2CCCN2C(=O)CCOC(=O)C2CCCN2C1=O.CCn1nc(NC=O)cc1C.CNCC(N)=O.Cc1ccccc1. The molecule has 6 rings (SSSR count). The highest BCUT2D eigenvalue weighted by molar-refractivity contribution is 5.95. The second kappa shape index (κ2) is 22.9. The van der Waals surface area contributed by atoms with E-state index in [4.69, 9.17) is 10.5 Å². The molecule has 4 saturated heterocycles. The molecule has 1 aromatic carbocycles. The molecule has 308 valence electrons. The number of primary amides is 1. The van der Waals surface area contributed by atoms with Gasteiger partial charge in [-0.1, -0.05) is 35.9 Å². The standard InChI is InChI=1S/C22H32N4O6.C7H11N3O.C7H8.C3H8N2O/c1-14-20(29)26-12-5-8-17(26)22(31)32-13-9-18(27)24-11-4-7-16(24)21(30)25-10-3-2-6-15(25)19(28)23-14;1-3-10-6(2)4-7(9-10)8-5-11;1-7-5-3-2-4-6-7;1-5-2-3(4)6/h14-17H,2-13H2,1H3,(H,23,28);4-5H,3H2,1-2H3,(H,8,9,11);2-6H,1H3;5H,2H2,1H3,(H2,4,6). The smallest absolute Gasteiger partial charge is 0.328 e. The third-order valence-electron chi connectivity index (χ3n) is 9.82. The van der Waals surface area contributed by atoms with Crippen molar-refractivity contribution >= 4 is 47.7 Å². The molecule has 17 heteroatoms. The molecule has 4 aliphatic heterocycles. The number of cyclic esters (lactones) is 1. The predicted molar refractivity (Wildman–Crippen MR) is 209 cm³/mol. The molecular formula is C39H59N9O8. The van der Waals surface area contributed by atoms with Gasteiger partial charge in [0.15, 0.2) is 5.82 Å². The Morgan fingerprint density at radius 1 is 0.911 bits per heavy atom. The Bertz CT molecular complexity index is 1640. The molecule has 56 heavy (non-hydrogen) atoms. The molecule has 0 radical (unpaired) electrons. The summed E-state index contributed by atoms with van der Waals surface area (Å²) < 4.78 is 7.16. The normalized spacial score (nSPS) is 22.7. The molecule has 17 nitrogen and oxygen atoms in total. The fraction of sp³-hybridized carbons (Fsp3) is 0.590. The third kappa shape index (κ3) is 13.2. The molecular weight excluding hydrogens is 722 g/mol. The number of nitrogens with one attached hydrogen (secondary N) is 3. The van der Waals surface area contributed by atoms with Crippen LogP contribution in [0.5, 0.6) is 0 Å². The number of anilines is 1. The van der Waals surface area contributed by atoms with Crippen molar-refractivity contribution < 1.29 is 38.3 Å². The van der Waals surface area contributed by atoms with Crippen molar-refractivity contribution in [1.29, 1.82) is 0 Å². The van der Waals surface area contributed by atoms with E-state index in [0.29, 0.717) is 57.5 Å². The van der Waals surface area contributed by atoms with Crippen LogP contribution < -0.4 is 21.7 Å². The number of amides is 6. The summed E-state index contributed by atoms with van der Waals surface area (Å²) in [4.78, 5) is 89.3. The Morgan fingerprint density at radius 3 is 2.11 bits per heavy atom. The molecule has 0 saturated carbocycles. The zero-order valence-corrected chi connectivity index (χ0v) is 33.3. The second-order valence-corrected chi connectivity index (χ2v) is 14.0. The molecule has 4 aliphatic rings. The number of hydrogen-bond acceptors (Lipinski definition) is 10. The van der Waals surface area contributed by atoms with E-state index < -0.39 is 30.1 Å². The summed E-state index contributed by atoms with van der Waals surface area (Å²) in [5.74, 6) is -1.37. The summed E-state index contributed by atoms with van der Waals surface area (Å²) >= 11 is 0. The van der Waals surface area contributed by atoms with Gasteiger partial charge in [0.2, 0.25) is 35.9 Å². The Hall–Kier alpha value is -5.32. The zero-order chi connectivity index (χ0) is 41.2. The number of nitrogens with two attached hydrogens (primary N) is 1. The number of hydrogen-bond donors (Lipinski definition) is 4. The quantitative estimate of drug-likeness (QED) is 0.252. The lowest BCUT2D eigenvalue weighted by Gasteiger charge is -2.38. The van der Waals surface area contributed by atoms with Crippen molar-refractivity contribution in [1.82, 2.24) is 35.1 Å². The highest BCUT2D eigenvalue weighted by Gasteiger charge is 2.43. The van der Waals surface area contributed by atoms with E-state index in [2.05, 4.69) is 40.1 Å². The number of likely N-dealkylation sites (N-methyl/N-ethyl adjacent to an activating group) is 1. The number of piperidine rings is 1. The van der Waals surface area contributed by atoms with Gasteiger partial charge in [-0.05, 0) is 79.7 Å². The highest BCUT2D eigenvalue weighted by Crippen LogP contribution is 2.26. The number of ether oxygens (including phenoxy) is 1.